The van der Waals surface area contributed by atoms with Gasteiger partial charge in [0, 0.05) is 5.75 Å². The molecular formula is C9H11NO4S. The van der Waals surface area contributed by atoms with Crippen molar-refractivity contribution in [2.75, 3.05) is 5.75 Å². The first-order valence-electron chi connectivity index (χ1n) is 4.50. The van der Waals surface area contributed by atoms with Gasteiger partial charge in [-0.3, -0.25) is 4.79 Å². The molecule has 2 rings (SSSR count). The second-order valence-corrected chi connectivity index (χ2v) is 5.20. The van der Waals surface area contributed by atoms with E-state index in [1.807, 2.05) is 0 Å². The van der Waals surface area contributed by atoms with E-state index in [1.54, 1.807) is 13.8 Å². The Morgan fingerprint density at radius 2 is 2.27 bits per heavy atom. The first-order chi connectivity index (χ1) is 6.89. The van der Waals surface area contributed by atoms with Crippen LogP contribution in [0.15, 0.2) is 11.5 Å². The van der Waals surface area contributed by atoms with Gasteiger partial charge < -0.3 is 15.1 Å². The van der Waals surface area contributed by atoms with E-state index in [-0.39, 0.29) is 5.76 Å². The topological polar surface area (TPSA) is 77.8 Å². The molecule has 15 heavy (non-hydrogen) atoms. The van der Waals surface area contributed by atoms with Crippen LogP contribution in [0.25, 0.3) is 0 Å². The van der Waals surface area contributed by atoms with Gasteiger partial charge in [-0.25, -0.2) is 4.79 Å². The van der Waals surface area contributed by atoms with Crippen molar-refractivity contribution in [3.63, 3.8) is 0 Å². The van der Waals surface area contributed by atoms with Crippen molar-refractivity contribution >= 4 is 23.5 Å². The zero-order chi connectivity index (χ0) is 11.4. The third-order valence-corrected chi connectivity index (χ3v) is 4.35. The Morgan fingerprint density at radius 1 is 1.67 bits per heavy atom. The highest BCUT2D eigenvalue weighted by atomic mass is 32.2. The monoisotopic (exact) mass is 229 g/mol. The average molecular weight is 229 g/mol. The summed E-state index contributed by atoms with van der Waals surface area (Å²) < 4.78 is 0. The quantitative estimate of drug-likeness (QED) is 0.684. The fourth-order valence-corrected chi connectivity index (χ4v) is 3.50. The van der Waals surface area contributed by atoms with E-state index < -0.39 is 22.7 Å². The number of hydrogen-bond acceptors (Lipinski definition) is 5. The highest BCUT2D eigenvalue weighted by Gasteiger charge is 2.57. The third kappa shape index (κ3) is 1.11. The summed E-state index contributed by atoms with van der Waals surface area (Å²) in [6.45, 7) is 3.22. The number of aliphatic hydroxyl groups is 1. The molecular weight excluding hydrogens is 218 g/mol. The van der Waals surface area contributed by atoms with Gasteiger partial charge in [0.05, 0.1) is 5.70 Å². The minimum Gasteiger partial charge on any atom is -0.503 e. The molecule has 2 aliphatic heterocycles. The van der Waals surface area contributed by atoms with Gasteiger partial charge in [0.1, 0.15) is 6.04 Å². The van der Waals surface area contributed by atoms with Crippen molar-refractivity contribution in [2.45, 2.75) is 24.8 Å². The molecule has 5 nitrogen and oxygen atoms in total. The van der Waals surface area contributed by atoms with E-state index in [1.165, 1.54) is 16.7 Å². The number of thioether (sulfide) groups is 1. The maximum atomic E-state index is 11.7. The van der Waals surface area contributed by atoms with Gasteiger partial charge in [-0.05, 0) is 13.8 Å². The first kappa shape index (κ1) is 10.4. The molecule has 0 aromatic rings. The molecule has 0 spiro atoms. The fourth-order valence-electron chi connectivity index (χ4n) is 2.09. The summed E-state index contributed by atoms with van der Waals surface area (Å²) in [7, 11) is 0. The Balaban J connectivity index is 2.47. The number of aliphatic hydroxyl groups excluding tert-OH is 1. The van der Waals surface area contributed by atoms with Crippen molar-refractivity contribution in [3.8, 4) is 0 Å². The lowest BCUT2D eigenvalue weighted by Crippen LogP contribution is -2.46. The SMILES string of the molecule is CC1=C(O)C(=O)[C@]2(C)SC[C@@H](C(=O)O)N12. The van der Waals surface area contributed by atoms with Gasteiger partial charge >= 0.3 is 5.97 Å². The van der Waals surface area contributed by atoms with Crippen molar-refractivity contribution in [2.24, 2.45) is 0 Å². The van der Waals surface area contributed by atoms with Crippen LogP contribution < -0.4 is 0 Å². The zero-order valence-corrected chi connectivity index (χ0v) is 9.17. The summed E-state index contributed by atoms with van der Waals surface area (Å²) in [5, 5.41) is 18.5. The molecule has 0 aliphatic carbocycles. The Bertz CT molecular complexity index is 392. The number of nitrogens with zero attached hydrogens (tertiary/aromatic N) is 1. The second kappa shape index (κ2) is 2.91. The average Bonchev–Trinajstić information content (AvgIpc) is 2.60. The molecule has 0 aromatic heterocycles. The molecule has 0 aromatic carbocycles. The minimum absolute atomic E-state index is 0.309. The number of aliphatic carboxylic acids is 1. The van der Waals surface area contributed by atoms with Gasteiger partial charge in [0.2, 0.25) is 5.78 Å². The largest absolute Gasteiger partial charge is 0.503 e. The standard InChI is InChI=1S/C9H11NO4S/c1-4-6(11)7(12)9(2)10(4)5(3-15-9)8(13)14/h5,11H,3H2,1-2H3,(H,13,14)/t5-,9-/m0/s1. The molecule has 0 bridgehead atoms. The van der Waals surface area contributed by atoms with E-state index in [0.717, 1.165) is 0 Å². The lowest BCUT2D eigenvalue weighted by Gasteiger charge is -2.30. The lowest BCUT2D eigenvalue weighted by molar-refractivity contribution is -0.142. The van der Waals surface area contributed by atoms with Crippen LogP contribution in [0.2, 0.25) is 0 Å². The Labute approximate surface area is 90.8 Å². The minimum atomic E-state index is -0.965. The Hall–Kier alpha value is -1.17. The van der Waals surface area contributed by atoms with Crippen LogP contribution in [0.5, 0.6) is 0 Å². The van der Waals surface area contributed by atoms with E-state index >= 15 is 0 Å². The van der Waals surface area contributed by atoms with Crippen LogP contribution in [-0.4, -0.2) is 43.5 Å². The van der Waals surface area contributed by atoms with Crippen molar-refractivity contribution in [1.29, 1.82) is 0 Å². The highest BCUT2D eigenvalue weighted by molar-refractivity contribution is 8.01. The highest BCUT2D eigenvalue weighted by Crippen LogP contribution is 2.48. The predicted molar refractivity (Wildman–Crippen MR) is 54.5 cm³/mol. The number of ketones is 1. The number of carbonyl (C=O) groups excluding carboxylic acids is 1. The van der Waals surface area contributed by atoms with Gasteiger partial charge in [-0.1, -0.05) is 0 Å². The molecule has 2 aliphatic rings. The molecule has 82 valence electrons. The molecule has 1 fully saturated rings. The normalized spacial score (nSPS) is 34.9. The van der Waals surface area contributed by atoms with Gasteiger partial charge in [0.15, 0.2) is 10.6 Å². The summed E-state index contributed by atoms with van der Waals surface area (Å²) >= 11 is 1.26. The van der Waals surface area contributed by atoms with E-state index in [2.05, 4.69) is 0 Å². The molecule has 1 saturated heterocycles. The molecule has 6 heteroatoms. The van der Waals surface area contributed by atoms with Crippen LogP contribution in [0.1, 0.15) is 13.8 Å². The predicted octanol–water partition coefficient (Wildman–Crippen LogP) is 0.577. The molecule has 2 N–H and O–H groups in total. The van der Waals surface area contributed by atoms with Crippen molar-refractivity contribution in [1.82, 2.24) is 4.90 Å². The maximum Gasteiger partial charge on any atom is 0.327 e. The molecule has 2 atom stereocenters. The zero-order valence-electron chi connectivity index (χ0n) is 8.35. The van der Waals surface area contributed by atoms with Crippen LogP contribution in [0.3, 0.4) is 0 Å². The molecule has 2 heterocycles. The van der Waals surface area contributed by atoms with Gasteiger partial charge in [-0.15, -0.1) is 11.8 Å². The first-order valence-corrected chi connectivity index (χ1v) is 5.49. The van der Waals surface area contributed by atoms with Crippen LogP contribution in [0, 0.1) is 0 Å². The smallest absolute Gasteiger partial charge is 0.327 e. The van der Waals surface area contributed by atoms with Gasteiger partial charge in [0.25, 0.3) is 0 Å². The lowest BCUT2D eigenvalue weighted by atomic mass is 10.2. The molecule has 0 unspecified atom stereocenters. The number of carboxylic acid groups (broad SMARTS) is 1. The van der Waals surface area contributed by atoms with Crippen LogP contribution in [0.4, 0.5) is 0 Å². The molecule has 0 saturated carbocycles. The van der Waals surface area contributed by atoms with Gasteiger partial charge in [-0.2, -0.15) is 0 Å². The Morgan fingerprint density at radius 3 is 2.80 bits per heavy atom. The van der Waals surface area contributed by atoms with Crippen LogP contribution >= 0.6 is 11.8 Å². The summed E-state index contributed by atoms with van der Waals surface area (Å²) in [4.78, 5) is 23.3. The number of fused-ring (bicyclic) bond motifs is 1. The van der Waals surface area contributed by atoms with Crippen molar-refractivity contribution < 1.29 is 19.8 Å². The number of hydrogen-bond donors (Lipinski definition) is 2. The summed E-state index contributed by atoms with van der Waals surface area (Å²) in [6, 6.07) is -0.728. The summed E-state index contributed by atoms with van der Waals surface area (Å²) in [6.07, 6.45) is 0. The number of carbonyl (C=O) groups is 2. The van der Waals surface area contributed by atoms with E-state index in [0.29, 0.717) is 11.4 Å². The molecule has 0 radical (unpaired) electrons. The fraction of sp³-hybridized carbons (Fsp3) is 0.556. The maximum absolute atomic E-state index is 11.7. The van der Waals surface area contributed by atoms with E-state index in [4.69, 9.17) is 5.11 Å². The summed E-state index contributed by atoms with van der Waals surface area (Å²) in [5.74, 6) is -1.31. The van der Waals surface area contributed by atoms with E-state index in [9.17, 15) is 14.7 Å². The number of carboxylic acids is 1. The second-order valence-electron chi connectivity index (χ2n) is 3.78. The number of allylic oxidation sites excluding steroid dienone is 1. The number of rotatable bonds is 1. The third-order valence-electron chi connectivity index (χ3n) is 2.92. The van der Waals surface area contributed by atoms with Crippen LogP contribution in [-0.2, 0) is 9.59 Å². The Kier molecular flexibility index (Phi) is 2.01. The number of Topliss-reactive ketones (excluding diaryl/α,β-unsaturated/α-hetero) is 1. The summed E-state index contributed by atoms with van der Waals surface area (Å²) in [5.41, 5.74) is 0.361. The molecule has 0 amide bonds. The van der Waals surface area contributed by atoms with Crippen molar-refractivity contribution in [3.05, 3.63) is 11.5 Å².